The molecule has 0 aromatic heterocycles. The van der Waals surface area contributed by atoms with E-state index in [1.54, 1.807) is 0 Å². The molecule has 7 nitrogen and oxygen atoms in total. The Kier molecular flexibility index (Phi) is 2.73. The van der Waals surface area contributed by atoms with Crippen molar-refractivity contribution in [2.75, 3.05) is 20.1 Å². The molecule has 0 amide bonds. The molecule has 3 atom stereocenters. The van der Waals surface area contributed by atoms with E-state index in [2.05, 4.69) is 16.0 Å². The summed E-state index contributed by atoms with van der Waals surface area (Å²) in [5, 5.41) is 33.5. The minimum absolute atomic E-state index is 0.121. The molecule has 0 aromatic carbocycles. The SMILES string of the molecule is CN1CCC(O)[C@@]12NC(=N)NC2CNC=N. The summed E-state index contributed by atoms with van der Waals surface area (Å²) in [5.41, 5.74) is -0.618. The number of nitrogens with zero attached hydrogens (tertiary/aromatic N) is 1. The standard InChI is InChI=1S/C9H18N6O/c1-15-3-2-7(16)9(15)6(4-12-5-10)13-8(11)14-9/h5-7,16H,2-4H2,1H3,(H2,10,12)(H3,11,13,14)/t6?,7?,9-/m0/s1. The Balaban J connectivity index is 2.21. The number of aliphatic hydroxyl groups excluding tert-OH is 1. The minimum atomic E-state index is -0.618. The number of rotatable bonds is 3. The van der Waals surface area contributed by atoms with E-state index < -0.39 is 11.8 Å². The molecule has 0 saturated carbocycles. The number of guanidine groups is 1. The van der Waals surface area contributed by atoms with Gasteiger partial charge in [0.05, 0.1) is 18.5 Å². The second kappa shape index (κ2) is 3.91. The van der Waals surface area contributed by atoms with Crippen LogP contribution in [0.3, 0.4) is 0 Å². The molecule has 6 N–H and O–H groups in total. The molecular formula is C9H18N6O. The number of nitrogens with one attached hydrogen (secondary N) is 5. The zero-order chi connectivity index (χ0) is 11.8. The largest absolute Gasteiger partial charge is 0.389 e. The van der Waals surface area contributed by atoms with Crippen LogP contribution in [-0.2, 0) is 0 Å². The first-order valence-corrected chi connectivity index (χ1v) is 5.36. The Morgan fingerprint density at radius 1 is 1.75 bits per heavy atom. The van der Waals surface area contributed by atoms with Crippen LogP contribution in [0.25, 0.3) is 0 Å². The fourth-order valence-corrected chi connectivity index (χ4v) is 2.64. The maximum atomic E-state index is 10.1. The maximum absolute atomic E-state index is 10.1. The topological polar surface area (TPSA) is 107 Å². The third-order valence-electron chi connectivity index (χ3n) is 3.48. The second-order valence-electron chi connectivity index (χ2n) is 4.30. The summed E-state index contributed by atoms with van der Waals surface area (Å²) < 4.78 is 0. The minimum Gasteiger partial charge on any atom is -0.389 e. The molecule has 7 heteroatoms. The predicted molar refractivity (Wildman–Crippen MR) is 60.6 cm³/mol. The van der Waals surface area contributed by atoms with Crippen molar-refractivity contribution in [1.29, 1.82) is 10.8 Å². The zero-order valence-electron chi connectivity index (χ0n) is 9.25. The predicted octanol–water partition coefficient (Wildman–Crippen LogP) is -1.93. The van der Waals surface area contributed by atoms with Crippen LogP contribution in [-0.4, -0.2) is 60.3 Å². The first-order valence-electron chi connectivity index (χ1n) is 5.36. The lowest BCUT2D eigenvalue weighted by Gasteiger charge is -2.38. The molecule has 1 spiro atoms. The van der Waals surface area contributed by atoms with E-state index in [1.165, 1.54) is 0 Å². The van der Waals surface area contributed by atoms with E-state index >= 15 is 0 Å². The van der Waals surface area contributed by atoms with Crippen molar-refractivity contribution in [1.82, 2.24) is 20.9 Å². The van der Waals surface area contributed by atoms with E-state index in [0.717, 1.165) is 12.9 Å². The molecule has 90 valence electrons. The summed E-state index contributed by atoms with van der Waals surface area (Å²) in [5.74, 6) is 0.226. The molecule has 0 bridgehead atoms. The third-order valence-corrected chi connectivity index (χ3v) is 3.48. The van der Waals surface area contributed by atoms with Crippen LogP contribution < -0.4 is 16.0 Å². The van der Waals surface area contributed by atoms with Crippen molar-refractivity contribution in [3.63, 3.8) is 0 Å². The van der Waals surface area contributed by atoms with Gasteiger partial charge in [-0.25, -0.2) is 0 Å². The van der Waals surface area contributed by atoms with Gasteiger partial charge in [0, 0.05) is 13.1 Å². The summed E-state index contributed by atoms with van der Waals surface area (Å²) in [7, 11) is 1.93. The molecule has 2 fully saturated rings. The zero-order valence-corrected chi connectivity index (χ0v) is 9.25. The second-order valence-corrected chi connectivity index (χ2v) is 4.30. The number of hydrogen-bond donors (Lipinski definition) is 6. The molecule has 2 aliphatic rings. The smallest absolute Gasteiger partial charge is 0.190 e. The van der Waals surface area contributed by atoms with E-state index in [-0.39, 0.29) is 12.0 Å². The Labute approximate surface area is 94.2 Å². The molecule has 2 heterocycles. The lowest BCUT2D eigenvalue weighted by atomic mass is 9.96. The van der Waals surface area contributed by atoms with Gasteiger partial charge in [-0.2, -0.15) is 0 Å². The Bertz CT molecular complexity index is 296. The summed E-state index contributed by atoms with van der Waals surface area (Å²) in [6, 6.07) is -0.121. The fourth-order valence-electron chi connectivity index (χ4n) is 2.64. The Morgan fingerprint density at radius 2 is 2.50 bits per heavy atom. The van der Waals surface area contributed by atoms with E-state index in [4.69, 9.17) is 10.8 Å². The molecule has 2 aliphatic heterocycles. The van der Waals surface area contributed by atoms with Gasteiger partial charge in [-0.1, -0.05) is 0 Å². The van der Waals surface area contributed by atoms with Crippen LogP contribution >= 0.6 is 0 Å². The quantitative estimate of drug-likeness (QED) is 0.248. The highest BCUT2D eigenvalue weighted by Crippen LogP contribution is 2.31. The average molecular weight is 226 g/mol. The van der Waals surface area contributed by atoms with E-state index in [1.807, 2.05) is 11.9 Å². The van der Waals surface area contributed by atoms with Crippen molar-refractivity contribution < 1.29 is 5.11 Å². The third kappa shape index (κ3) is 1.43. The van der Waals surface area contributed by atoms with Crippen LogP contribution in [0, 0.1) is 10.8 Å². The highest BCUT2D eigenvalue weighted by molar-refractivity contribution is 5.81. The first kappa shape index (κ1) is 11.2. The molecule has 0 radical (unpaired) electrons. The lowest BCUT2D eigenvalue weighted by Crippen LogP contribution is -2.65. The molecule has 2 unspecified atom stereocenters. The molecule has 2 rings (SSSR count). The van der Waals surface area contributed by atoms with Gasteiger partial charge >= 0.3 is 0 Å². The van der Waals surface area contributed by atoms with Gasteiger partial charge < -0.3 is 21.1 Å². The summed E-state index contributed by atoms with van der Waals surface area (Å²) in [6.07, 6.45) is 1.31. The normalized spacial score (nSPS) is 38.5. The van der Waals surface area contributed by atoms with Crippen LogP contribution in [0.1, 0.15) is 6.42 Å². The molecule has 0 aromatic rings. The fraction of sp³-hybridized carbons (Fsp3) is 0.778. The van der Waals surface area contributed by atoms with Crippen molar-refractivity contribution >= 4 is 12.3 Å². The monoisotopic (exact) mass is 226 g/mol. The van der Waals surface area contributed by atoms with Gasteiger partial charge in [-0.3, -0.25) is 15.7 Å². The highest BCUT2D eigenvalue weighted by Gasteiger charge is 2.56. The van der Waals surface area contributed by atoms with Gasteiger partial charge in [0.2, 0.25) is 0 Å². The number of hydrogen-bond acceptors (Lipinski definition) is 4. The van der Waals surface area contributed by atoms with Gasteiger partial charge in [0.15, 0.2) is 5.96 Å². The molecule has 0 aliphatic carbocycles. The van der Waals surface area contributed by atoms with Gasteiger partial charge in [0.1, 0.15) is 5.66 Å². The van der Waals surface area contributed by atoms with E-state index in [9.17, 15) is 5.11 Å². The van der Waals surface area contributed by atoms with Crippen molar-refractivity contribution in [2.45, 2.75) is 24.2 Å². The maximum Gasteiger partial charge on any atom is 0.190 e. The molecule has 2 saturated heterocycles. The lowest BCUT2D eigenvalue weighted by molar-refractivity contribution is 0.0179. The van der Waals surface area contributed by atoms with Crippen LogP contribution in [0.4, 0.5) is 0 Å². The summed E-state index contributed by atoms with van der Waals surface area (Å²) >= 11 is 0. The van der Waals surface area contributed by atoms with Gasteiger partial charge in [-0.15, -0.1) is 0 Å². The number of likely N-dealkylation sites (tertiary alicyclic amines) is 1. The van der Waals surface area contributed by atoms with Gasteiger partial charge in [0.25, 0.3) is 0 Å². The average Bonchev–Trinajstić information content (AvgIpc) is 2.72. The first-order chi connectivity index (χ1) is 7.61. The number of aliphatic hydroxyl groups is 1. The summed E-state index contributed by atoms with van der Waals surface area (Å²) in [6.45, 7) is 1.30. The Hall–Kier alpha value is -1.34. The van der Waals surface area contributed by atoms with Crippen LogP contribution in [0.15, 0.2) is 0 Å². The molecule has 16 heavy (non-hydrogen) atoms. The highest BCUT2D eigenvalue weighted by atomic mass is 16.3. The summed E-state index contributed by atoms with van der Waals surface area (Å²) in [4.78, 5) is 2.03. The van der Waals surface area contributed by atoms with E-state index in [0.29, 0.717) is 13.0 Å². The Morgan fingerprint density at radius 3 is 3.06 bits per heavy atom. The van der Waals surface area contributed by atoms with Crippen molar-refractivity contribution in [3.8, 4) is 0 Å². The number of likely N-dealkylation sites (N-methyl/N-ethyl adjacent to an activating group) is 1. The van der Waals surface area contributed by atoms with Crippen LogP contribution in [0.2, 0.25) is 0 Å². The van der Waals surface area contributed by atoms with Crippen molar-refractivity contribution in [3.05, 3.63) is 0 Å². The van der Waals surface area contributed by atoms with Crippen molar-refractivity contribution in [2.24, 2.45) is 0 Å². The van der Waals surface area contributed by atoms with Gasteiger partial charge in [-0.05, 0) is 13.5 Å². The van der Waals surface area contributed by atoms with Crippen LogP contribution in [0.5, 0.6) is 0 Å². The molecular weight excluding hydrogens is 208 g/mol.